The van der Waals surface area contributed by atoms with E-state index in [0.717, 1.165) is 36.7 Å². The van der Waals surface area contributed by atoms with Crippen molar-refractivity contribution in [3.8, 4) is 0 Å². The lowest BCUT2D eigenvalue weighted by atomic mass is 10.0. The number of nitrogens with one attached hydrogen (secondary N) is 2. The van der Waals surface area contributed by atoms with Gasteiger partial charge in [-0.3, -0.25) is 9.79 Å². The number of hydrogen-bond donors (Lipinski definition) is 2. The highest BCUT2D eigenvalue weighted by Gasteiger charge is 2.25. The van der Waals surface area contributed by atoms with Gasteiger partial charge in [-0.2, -0.15) is 0 Å². The Morgan fingerprint density at radius 1 is 1.23 bits per heavy atom. The molecule has 1 heterocycles. The number of ether oxygens (including phenoxy) is 1. The van der Waals surface area contributed by atoms with E-state index in [-0.39, 0.29) is 12.0 Å². The van der Waals surface area contributed by atoms with Gasteiger partial charge in [-0.25, -0.2) is 0 Å². The number of nitrogens with zero attached hydrogens (tertiary/aromatic N) is 2. The van der Waals surface area contributed by atoms with Gasteiger partial charge in [-0.1, -0.05) is 43.3 Å². The van der Waals surface area contributed by atoms with Crippen molar-refractivity contribution >= 4 is 17.6 Å². The average molecular weight is 409 g/mol. The number of aryl methyl sites for hydroxylation is 1. The highest BCUT2D eigenvalue weighted by Crippen LogP contribution is 2.25. The number of guanidine groups is 1. The van der Waals surface area contributed by atoms with Crippen LogP contribution in [0.1, 0.15) is 42.6 Å². The van der Waals surface area contributed by atoms with E-state index in [1.807, 2.05) is 38.2 Å². The van der Waals surface area contributed by atoms with Gasteiger partial charge >= 0.3 is 0 Å². The van der Waals surface area contributed by atoms with Crippen LogP contribution in [-0.2, 0) is 16.1 Å². The summed E-state index contributed by atoms with van der Waals surface area (Å²) in [6, 6.07) is 16.3. The number of amides is 1. The standard InChI is InChI=1S/C24H32N4O2/c1-4-8-23(29)27-20-11-7-10-19(15-20)16-26-24(25-3)28-13-14-30-22(17-28)21-12-6-5-9-18(21)2/h5-7,9-12,15,22H,4,8,13-14,16-17H2,1-3H3,(H,25,26)(H,27,29). The second kappa shape index (κ2) is 10.8. The molecule has 0 spiro atoms. The predicted molar refractivity (Wildman–Crippen MR) is 122 cm³/mol. The maximum atomic E-state index is 11.8. The van der Waals surface area contributed by atoms with Crippen LogP contribution >= 0.6 is 0 Å². The van der Waals surface area contributed by atoms with Crippen LogP contribution in [0.3, 0.4) is 0 Å². The van der Waals surface area contributed by atoms with Gasteiger partial charge in [0.25, 0.3) is 0 Å². The van der Waals surface area contributed by atoms with Crippen molar-refractivity contribution < 1.29 is 9.53 Å². The van der Waals surface area contributed by atoms with Crippen LogP contribution in [0.25, 0.3) is 0 Å². The van der Waals surface area contributed by atoms with Crippen molar-refractivity contribution in [2.45, 2.75) is 39.3 Å². The smallest absolute Gasteiger partial charge is 0.224 e. The molecule has 0 aliphatic carbocycles. The first-order chi connectivity index (χ1) is 14.6. The van der Waals surface area contributed by atoms with Gasteiger partial charge in [0.05, 0.1) is 13.2 Å². The molecule has 0 saturated carbocycles. The lowest BCUT2D eigenvalue weighted by Gasteiger charge is -2.35. The number of anilines is 1. The van der Waals surface area contributed by atoms with Crippen molar-refractivity contribution in [3.63, 3.8) is 0 Å². The Bertz CT molecular complexity index is 881. The van der Waals surface area contributed by atoms with Gasteiger partial charge in [0.1, 0.15) is 6.10 Å². The molecule has 30 heavy (non-hydrogen) atoms. The zero-order chi connectivity index (χ0) is 21.3. The van der Waals surface area contributed by atoms with Crippen LogP contribution < -0.4 is 10.6 Å². The van der Waals surface area contributed by atoms with E-state index in [2.05, 4.69) is 51.7 Å². The van der Waals surface area contributed by atoms with E-state index in [9.17, 15) is 4.79 Å². The minimum atomic E-state index is 0.0376. The molecule has 1 saturated heterocycles. The molecular weight excluding hydrogens is 376 g/mol. The second-order valence-corrected chi connectivity index (χ2v) is 7.56. The van der Waals surface area contributed by atoms with E-state index < -0.39 is 0 Å². The largest absolute Gasteiger partial charge is 0.370 e. The summed E-state index contributed by atoms with van der Waals surface area (Å²) in [6.45, 7) is 6.99. The number of carbonyl (C=O) groups excluding carboxylic acids is 1. The van der Waals surface area contributed by atoms with Crippen LogP contribution in [0, 0.1) is 6.92 Å². The van der Waals surface area contributed by atoms with Gasteiger partial charge < -0.3 is 20.3 Å². The van der Waals surface area contributed by atoms with Crippen molar-refractivity contribution in [1.29, 1.82) is 0 Å². The first kappa shape index (κ1) is 21.8. The Hall–Kier alpha value is -2.86. The second-order valence-electron chi connectivity index (χ2n) is 7.56. The fourth-order valence-electron chi connectivity index (χ4n) is 3.70. The van der Waals surface area contributed by atoms with Crippen molar-refractivity contribution in [1.82, 2.24) is 10.2 Å². The molecule has 0 aromatic heterocycles. The van der Waals surface area contributed by atoms with E-state index in [4.69, 9.17) is 4.74 Å². The molecule has 160 valence electrons. The van der Waals surface area contributed by atoms with E-state index in [1.165, 1.54) is 11.1 Å². The van der Waals surface area contributed by atoms with Crippen LogP contribution in [0.4, 0.5) is 5.69 Å². The van der Waals surface area contributed by atoms with Gasteiger partial charge in [0.15, 0.2) is 5.96 Å². The molecule has 0 radical (unpaired) electrons. The van der Waals surface area contributed by atoms with E-state index in [1.54, 1.807) is 0 Å². The van der Waals surface area contributed by atoms with E-state index in [0.29, 0.717) is 19.6 Å². The zero-order valence-corrected chi connectivity index (χ0v) is 18.1. The molecule has 2 N–H and O–H groups in total. The number of morpholine rings is 1. The number of hydrogen-bond acceptors (Lipinski definition) is 3. The third-order valence-electron chi connectivity index (χ3n) is 5.25. The number of carbonyl (C=O) groups is 1. The van der Waals surface area contributed by atoms with E-state index >= 15 is 0 Å². The molecule has 6 nitrogen and oxygen atoms in total. The first-order valence-electron chi connectivity index (χ1n) is 10.6. The normalized spacial score (nSPS) is 17.0. The molecule has 2 aromatic rings. The Morgan fingerprint density at radius 3 is 2.83 bits per heavy atom. The molecule has 2 aromatic carbocycles. The Morgan fingerprint density at radius 2 is 2.07 bits per heavy atom. The minimum Gasteiger partial charge on any atom is -0.370 e. The monoisotopic (exact) mass is 408 g/mol. The number of aliphatic imine (C=N–C) groups is 1. The molecular formula is C24H32N4O2. The van der Waals surface area contributed by atoms with Crippen LogP contribution in [0.2, 0.25) is 0 Å². The van der Waals surface area contributed by atoms with Crippen LogP contribution in [0.5, 0.6) is 0 Å². The highest BCUT2D eigenvalue weighted by atomic mass is 16.5. The summed E-state index contributed by atoms with van der Waals surface area (Å²) in [5, 5.41) is 6.41. The third kappa shape index (κ3) is 5.83. The molecule has 1 atom stereocenters. The lowest BCUT2D eigenvalue weighted by Crippen LogP contribution is -2.48. The van der Waals surface area contributed by atoms with Crippen molar-refractivity contribution in [2.24, 2.45) is 4.99 Å². The fraction of sp³-hybridized carbons (Fsp3) is 0.417. The Kier molecular flexibility index (Phi) is 7.85. The Balaban J connectivity index is 1.61. The van der Waals surface area contributed by atoms with Gasteiger partial charge in [0, 0.05) is 32.2 Å². The molecule has 1 fully saturated rings. The zero-order valence-electron chi connectivity index (χ0n) is 18.1. The molecule has 3 rings (SSSR count). The summed E-state index contributed by atoms with van der Waals surface area (Å²) in [7, 11) is 1.81. The molecule has 6 heteroatoms. The van der Waals surface area contributed by atoms with Gasteiger partial charge in [0.2, 0.25) is 5.91 Å². The predicted octanol–water partition coefficient (Wildman–Crippen LogP) is 3.88. The Labute approximate surface area is 179 Å². The number of benzene rings is 2. The third-order valence-corrected chi connectivity index (χ3v) is 5.25. The van der Waals surface area contributed by atoms with Gasteiger partial charge in [-0.15, -0.1) is 0 Å². The summed E-state index contributed by atoms with van der Waals surface area (Å²) in [6.07, 6.45) is 1.41. The molecule has 1 amide bonds. The molecule has 0 bridgehead atoms. The topological polar surface area (TPSA) is 66.0 Å². The van der Waals surface area contributed by atoms with Crippen molar-refractivity contribution in [2.75, 3.05) is 32.1 Å². The van der Waals surface area contributed by atoms with Crippen LogP contribution in [-0.4, -0.2) is 43.5 Å². The average Bonchev–Trinajstić information content (AvgIpc) is 2.75. The SMILES string of the molecule is CCCC(=O)Nc1cccc(CNC(=NC)N2CCOC(c3ccccc3C)C2)c1. The summed E-state index contributed by atoms with van der Waals surface area (Å²) < 4.78 is 6.04. The maximum absolute atomic E-state index is 11.8. The molecule has 1 unspecified atom stereocenters. The summed E-state index contributed by atoms with van der Waals surface area (Å²) >= 11 is 0. The number of rotatable bonds is 6. The summed E-state index contributed by atoms with van der Waals surface area (Å²) in [5.74, 6) is 0.909. The summed E-state index contributed by atoms with van der Waals surface area (Å²) in [4.78, 5) is 18.6. The summed E-state index contributed by atoms with van der Waals surface area (Å²) in [5.41, 5.74) is 4.39. The fourth-order valence-corrected chi connectivity index (χ4v) is 3.70. The quantitative estimate of drug-likeness (QED) is 0.562. The maximum Gasteiger partial charge on any atom is 0.224 e. The first-order valence-corrected chi connectivity index (χ1v) is 10.6. The lowest BCUT2D eigenvalue weighted by molar-refractivity contribution is -0.116. The highest BCUT2D eigenvalue weighted by molar-refractivity contribution is 5.90. The molecule has 1 aliphatic heterocycles. The minimum absolute atomic E-state index is 0.0376. The van der Waals surface area contributed by atoms with Gasteiger partial charge in [-0.05, 0) is 42.2 Å². The van der Waals surface area contributed by atoms with Crippen LogP contribution in [0.15, 0.2) is 53.5 Å². The molecule has 1 aliphatic rings. The van der Waals surface area contributed by atoms with Crippen molar-refractivity contribution in [3.05, 3.63) is 65.2 Å².